The van der Waals surface area contributed by atoms with Crippen LogP contribution in [0.3, 0.4) is 0 Å². The van der Waals surface area contributed by atoms with Crippen LogP contribution in [0, 0.1) is 17.8 Å². The lowest BCUT2D eigenvalue weighted by molar-refractivity contribution is -0.274. The van der Waals surface area contributed by atoms with E-state index < -0.39 is 6.36 Å². The van der Waals surface area contributed by atoms with Crippen molar-refractivity contribution in [2.45, 2.75) is 50.4 Å². The fourth-order valence-corrected chi connectivity index (χ4v) is 7.45. The number of nitrogens with zero attached hydrogens (tertiary/aromatic N) is 6. The van der Waals surface area contributed by atoms with E-state index in [1.54, 1.807) is 0 Å². The second-order valence-corrected chi connectivity index (χ2v) is 11.5. The maximum atomic E-state index is 12.5. The van der Waals surface area contributed by atoms with E-state index in [-0.39, 0.29) is 5.75 Å². The maximum Gasteiger partial charge on any atom is 0.573 e. The number of halogens is 3. The average molecular weight is 518 g/mol. The van der Waals surface area contributed by atoms with Crippen LogP contribution in [0.25, 0.3) is 0 Å². The minimum absolute atomic E-state index is 0.278. The summed E-state index contributed by atoms with van der Waals surface area (Å²) in [5.41, 5.74) is 0.965. The zero-order valence-corrected chi connectivity index (χ0v) is 21.3. The Morgan fingerprint density at radius 1 is 0.892 bits per heavy atom. The predicted octanol–water partition coefficient (Wildman–Crippen LogP) is 4.67. The van der Waals surface area contributed by atoms with Gasteiger partial charge in [0.05, 0.1) is 0 Å². The number of hydrogen-bond acceptors (Lipinski definition) is 8. The molecule has 37 heavy (non-hydrogen) atoms. The van der Waals surface area contributed by atoms with Gasteiger partial charge in [0.1, 0.15) is 5.75 Å². The summed E-state index contributed by atoms with van der Waals surface area (Å²) >= 11 is 0. The van der Waals surface area contributed by atoms with Crippen molar-refractivity contribution in [3.05, 3.63) is 24.3 Å². The molecule has 5 fully saturated rings. The molecule has 4 saturated carbocycles. The molecule has 1 aliphatic heterocycles. The molecule has 4 aliphatic carbocycles. The lowest BCUT2D eigenvalue weighted by Gasteiger charge is -2.61. The highest BCUT2D eigenvalue weighted by molar-refractivity contribution is 5.57. The molecule has 1 aromatic carbocycles. The molecular formula is C26H34F3N7O. The molecule has 2 heterocycles. The van der Waals surface area contributed by atoms with Crippen LogP contribution in [0.5, 0.6) is 5.75 Å². The molecule has 8 nitrogen and oxygen atoms in total. The lowest BCUT2D eigenvalue weighted by atomic mass is 9.52. The first-order valence-corrected chi connectivity index (χ1v) is 13.2. The Bertz CT molecular complexity index is 1080. The normalized spacial score (nSPS) is 29.4. The second kappa shape index (κ2) is 9.18. The summed E-state index contributed by atoms with van der Waals surface area (Å²) in [5, 5.41) is 3.10. The Labute approximate surface area is 215 Å². The monoisotopic (exact) mass is 517 g/mol. The molecule has 4 bridgehead atoms. The molecule has 1 saturated heterocycles. The second-order valence-electron chi connectivity index (χ2n) is 11.5. The SMILES string of the molecule is CN(C)c1nc(Nc2ccc(OC(F)(F)F)cc2)nc(N2CCN(C34CC5CC(CC(C5)C3)C4)CC2)n1. The Hall–Kier alpha value is -2.82. The Morgan fingerprint density at radius 2 is 1.49 bits per heavy atom. The van der Waals surface area contributed by atoms with Gasteiger partial charge in [-0.3, -0.25) is 4.90 Å². The molecule has 0 radical (unpaired) electrons. The Balaban J connectivity index is 1.15. The van der Waals surface area contributed by atoms with Gasteiger partial charge >= 0.3 is 6.36 Å². The predicted molar refractivity (Wildman–Crippen MR) is 135 cm³/mol. The summed E-state index contributed by atoms with van der Waals surface area (Å²) in [6.45, 7) is 3.75. The molecule has 1 aromatic heterocycles. The number of anilines is 4. The van der Waals surface area contributed by atoms with E-state index >= 15 is 0 Å². The van der Waals surface area contributed by atoms with Crippen molar-refractivity contribution in [1.29, 1.82) is 0 Å². The summed E-state index contributed by atoms with van der Waals surface area (Å²) < 4.78 is 41.3. The van der Waals surface area contributed by atoms with Gasteiger partial charge < -0.3 is 19.9 Å². The molecule has 0 atom stereocenters. The van der Waals surface area contributed by atoms with Crippen LogP contribution < -0.4 is 19.9 Å². The van der Waals surface area contributed by atoms with E-state index in [4.69, 9.17) is 4.98 Å². The van der Waals surface area contributed by atoms with Gasteiger partial charge in [0.2, 0.25) is 17.8 Å². The lowest BCUT2D eigenvalue weighted by Crippen LogP contribution is -2.64. The van der Waals surface area contributed by atoms with Gasteiger partial charge in [0.15, 0.2) is 0 Å². The highest BCUT2D eigenvalue weighted by Crippen LogP contribution is 2.57. The molecule has 2 aromatic rings. The van der Waals surface area contributed by atoms with Crippen molar-refractivity contribution >= 4 is 23.5 Å². The number of rotatable bonds is 6. The van der Waals surface area contributed by atoms with Gasteiger partial charge in [0, 0.05) is 51.5 Å². The van der Waals surface area contributed by atoms with Crippen LogP contribution in [0.2, 0.25) is 0 Å². The first-order chi connectivity index (χ1) is 17.6. The van der Waals surface area contributed by atoms with E-state index in [1.165, 1.54) is 62.8 Å². The van der Waals surface area contributed by atoms with E-state index in [2.05, 4.69) is 29.8 Å². The molecule has 5 aliphatic rings. The molecule has 7 rings (SSSR count). The molecule has 0 amide bonds. The smallest absolute Gasteiger partial charge is 0.406 e. The number of alkyl halides is 3. The van der Waals surface area contributed by atoms with Crippen LogP contribution in [0.1, 0.15) is 38.5 Å². The van der Waals surface area contributed by atoms with Gasteiger partial charge in [-0.15, -0.1) is 13.2 Å². The van der Waals surface area contributed by atoms with Crippen LogP contribution in [-0.4, -0.2) is 72.0 Å². The number of ether oxygens (including phenoxy) is 1. The highest BCUT2D eigenvalue weighted by Gasteiger charge is 2.53. The van der Waals surface area contributed by atoms with Gasteiger partial charge in [-0.1, -0.05) is 0 Å². The molecule has 1 N–H and O–H groups in total. The molecule has 200 valence electrons. The number of piperazine rings is 1. The molecule has 0 spiro atoms. The Kier molecular flexibility index (Phi) is 6.08. The maximum absolute atomic E-state index is 12.5. The third kappa shape index (κ3) is 5.15. The first kappa shape index (κ1) is 24.5. The zero-order valence-electron chi connectivity index (χ0n) is 21.3. The summed E-state index contributed by atoms with van der Waals surface area (Å²) in [5.74, 6) is 3.99. The molecule has 0 unspecified atom stereocenters. The van der Waals surface area contributed by atoms with Crippen molar-refractivity contribution in [2.75, 3.05) is 55.4 Å². The number of benzene rings is 1. The minimum Gasteiger partial charge on any atom is -0.406 e. The van der Waals surface area contributed by atoms with Crippen molar-refractivity contribution in [2.24, 2.45) is 17.8 Å². The Morgan fingerprint density at radius 3 is 2.03 bits per heavy atom. The molecular weight excluding hydrogens is 483 g/mol. The third-order valence-corrected chi connectivity index (χ3v) is 8.60. The van der Waals surface area contributed by atoms with Crippen molar-refractivity contribution in [3.63, 3.8) is 0 Å². The zero-order chi connectivity index (χ0) is 25.8. The summed E-state index contributed by atoms with van der Waals surface area (Å²) in [6, 6.07) is 5.52. The van der Waals surface area contributed by atoms with Crippen LogP contribution >= 0.6 is 0 Å². The topological polar surface area (TPSA) is 69.7 Å². The standard InChI is InChI=1S/C26H34F3N7O/c1-34(2)23-31-22(30-20-3-5-21(6-4-20)37-26(27,28)29)32-24(33-23)35-7-9-36(10-8-35)25-14-17-11-18(15-25)13-19(12-17)16-25/h3-6,17-19H,7-16H2,1-2H3,(H,30,31,32,33). The van der Waals surface area contributed by atoms with Gasteiger partial charge in [-0.2, -0.15) is 15.0 Å². The third-order valence-electron chi connectivity index (χ3n) is 8.60. The fourth-order valence-electron chi connectivity index (χ4n) is 7.45. The fraction of sp³-hybridized carbons (Fsp3) is 0.654. The summed E-state index contributed by atoms with van der Waals surface area (Å²) in [7, 11) is 3.74. The van der Waals surface area contributed by atoms with Crippen LogP contribution in [0.15, 0.2) is 24.3 Å². The van der Waals surface area contributed by atoms with Gasteiger partial charge in [-0.25, -0.2) is 0 Å². The summed E-state index contributed by atoms with van der Waals surface area (Å²) in [6.07, 6.45) is 3.74. The quantitative estimate of drug-likeness (QED) is 0.593. The number of aromatic nitrogens is 3. The van der Waals surface area contributed by atoms with Crippen molar-refractivity contribution in [3.8, 4) is 5.75 Å². The largest absolute Gasteiger partial charge is 0.573 e. The van der Waals surface area contributed by atoms with E-state index in [0.717, 1.165) is 43.9 Å². The average Bonchev–Trinajstić information content (AvgIpc) is 2.83. The van der Waals surface area contributed by atoms with Crippen molar-refractivity contribution < 1.29 is 17.9 Å². The molecule has 11 heteroatoms. The number of hydrogen-bond donors (Lipinski definition) is 1. The van der Waals surface area contributed by atoms with E-state index in [1.807, 2.05) is 19.0 Å². The minimum atomic E-state index is -4.72. The number of nitrogens with one attached hydrogen (secondary N) is 1. The van der Waals surface area contributed by atoms with E-state index in [0.29, 0.717) is 29.1 Å². The summed E-state index contributed by atoms with van der Waals surface area (Å²) in [4.78, 5) is 20.7. The van der Waals surface area contributed by atoms with E-state index in [9.17, 15) is 13.2 Å². The first-order valence-electron chi connectivity index (χ1n) is 13.2. The van der Waals surface area contributed by atoms with Crippen LogP contribution in [-0.2, 0) is 0 Å². The highest BCUT2D eigenvalue weighted by atomic mass is 19.4. The van der Waals surface area contributed by atoms with Crippen LogP contribution in [0.4, 0.5) is 36.7 Å². The van der Waals surface area contributed by atoms with Gasteiger partial charge in [-0.05, 0) is 80.5 Å². The van der Waals surface area contributed by atoms with Gasteiger partial charge in [0.25, 0.3) is 0 Å². The van der Waals surface area contributed by atoms with Crippen molar-refractivity contribution in [1.82, 2.24) is 19.9 Å².